The monoisotopic (exact) mass is 362 g/mol. The Hall–Kier alpha value is -3.07. The van der Waals surface area contributed by atoms with Crippen LogP contribution in [-0.4, -0.2) is 14.2 Å². The van der Waals surface area contributed by atoms with Crippen LogP contribution in [-0.2, 0) is 6.42 Å². The summed E-state index contributed by atoms with van der Waals surface area (Å²) in [4.78, 5) is 0. The second kappa shape index (κ2) is 9.04. The van der Waals surface area contributed by atoms with Crippen molar-refractivity contribution in [3.63, 3.8) is 0 Å². The van der Waals surface area contributed by atoms with E-state index in [1.54, 1.807) is 26.4 Å². The quantitative estimate of drug-likeness (QED) is 0.522. The maximum atomic E-state index is 13.1. The third kappa shape index (κ3) is 5.20. The topological polar surface area (TPSA) is 18.5 Å². The number of halogens is 1. The first kappa shape index (κ1) is 18.7. The Balaban J connectivity index is 1.88. The van der Waals surface area contributed by atoms with Gasteiger partial charge in [0.1, 0.15) is 17.3 Å². The summed E-state index contributed by atoms with van der Waals surface area (Å²) in [6.45, 7) is 0. The fraction of sp³-hybridized carbons (Fsp3) is 0.167. The van der Waals surface area contributed by atoms with E-state index in [0.717, 1.165) is 23.5 Å². The first-order valence-corrected chi connectivity index (χ1v) is 8.88. The molecule has 0 saturated heterocycles. The molecule has 0 aliphatic heterocycles. The van der Waals surface area contributed by atoms with Crippen LogP contribution >= 0.6 is 0 Å². The van der Waals surface area contributed by atoms with Crippen LogP contribution in [0.3, 0.4) is 0 Å². The molecule has 0 aliphatic carbocycles. The largest absolute Gasteiger partial charge is 0.497 e. The first-order valence-electron chi connectivity index (χ1n) is 8.88. The number of hydrogen-bond acceptors (Lipinski definition) is 2. The van der Waals surface area contributed by atoms with Crippen LogP contribution in [0.4, 0.5) is 4.39 Å². The summed E-state index contributed by atoms with van der Waals surface area (Å²) >= 11 is 0. The van der Waals surface area contributed by atoms with E-state index in [-0.39, 0.29) is 11.7 Å². The van der Waals surface area contributed by atoms with Crippen molar-refractivity contribution in [2.45, 2.75) is 12.3 Å². The zero-order chi connectivity index (χ0) is 19.1. The highest BCUT2D eigenvalue weighted by molar-refractivity contribution is 5.51. The Kier molecular flexibility index (Phi) is 6.26. The highest BCUT2D eigenvalue weighted by Crippen LogP contribution is 2.27. The number of benzene rings is 3. The number of allylic oxidation sites excluding steroid dienone is 1. The van der Waals surface area contributed by atoms with Crippen molar-refractivity contribution in [3.05, 3.63) is 101 Å². The molecule has 0 amide bonds. The van der Waals surface area contributed by atoms with Gasteiger partial charge in [0.2, 0.25) is 0 Å². The van der Waals surface area contributed by atoms with Crippen molar-refractivity contribution in [1.29, 1.82) is 0 Å². The second-order valence-electron chi connectivity index (χ2n) is 6.35. The minimum atomic E-state index is -0.227. The molecule has 0 fully saturated rings. The van der Waals surface area contributed by atoms with Gasteiger partial charge in [0.25, 0.3) is 0 Å². The van der Waals surface area contributed by atoms with Crippen LogP contribution in [0.15, 0.2) is 78.9 Å². The average molecular weight is 362 g/mol. The van der Waals surface area contributed by atoms with Crippen molar-refractivity contribution in [3.8, 4) is 11.5 Å². The van der Waals surface area contributed by atoms with Gasteiger partial charge in [-0.25, -0.2) is 4.39 Å². The van der Waals surface area contributed by atoms with Crippen molar-refractivity contribution < 1.29 is 13.9 Å². The summed E-state index contributed by atoms with van der Waals surface area (Å²) in [5, 5.41) is 0. The van der Waals surface area contributed by atoms with Crippen LogP contribution in [0.2, 0.25) is 0 Å². The van der Waals surface area contributed by atoms with Gasteiger partial charge in [0, 0.05) is 5.92 Å². The fourth-order valence-electron chi connectivity index (χ4n) is 3.00. The number of ether oxygens (including phenoxy) is 2. The summed E-state index contributed by atoms with van der Waals surface area (Å²) in [5.41, 5.74) is 3.36. The summed E-state index contributed by atoms with van der Waals surface area (Å²) in [6.07, 6.45) is 5.03. The predicted octanol–water partition coefficient (Wildman–Crippen LogP) is 5.88. The van der Waals surface area contributed by atoms with Crippen LogP contribution in [0.5, 0.6) is 11.5 Å². The summed E-state index contributed by atoms with van der Waals surface area (Å²) in [7, 11) is 3.34. The standard InChI is InChI=1S/C24H23FO2/c1-26-23-14-10-20(11-15-23)21(9-6-18-7-12-22(25)13-8-18)16-19-4-3-5-24(17-19)27-2/h3-15,17,21H,16H2,1-2H3/b9-6+. The molecule has 0 saturated carbocycles. The SMILES string of the molecule is COc1ccc(C(/C=C/c2ccc(F)cc2)Cc2cccc(OC)c2)cc1. The molecule has 1 unspecified atom stereocenters. The van der Waals surface area contributed by atoms with E-state index in [2.05, 4.69) is 30.3 Å². The molecule has 0 spiro atoms. The van der Waals surface area contributed by atoms with Gasteiger partial charge in [0.05, 0.1) is 14.2 Å². The third-order valence-electron chi connectivity index (χ3n) is 4.52. The molecule has 0 N–H and O–H groups in total. The minimum absolute atomic E-state index is 0.174. The summed E-state index contributed by atoms with van der Waals surface area (Å²) < 4.78 is 23.7. The lowest BCUT2D eigenvalue weighted by atomic mass is 9.91. The smallest absolute Gasteiger partial charge is 0.123 e. The molecule has 3 heteroatoms. The van der Waals surface area contributed by atoms with Gasteiger partial charge < -0.3 is 9.47 Å². The van der Waals surface area contributed by atoms with E-state index >= 15 is 0 Å². The van der Waals surface area contributed by atoms with Crippen LogP contribution in [0, 0.1) is 5.82 Å². The van der Waals surface area contributed by atoms with Gasteiger partial charge >= 0.3 is 0 Å². The van der Waals surface area contributed by atoms with Gasteiger partial charge in [-0.05, 0) is 59.5 Å². The minimum Gasteiger partial charge on any atom is -0.497 e. The molecule has 3 aromatic carbocycles. The van der Waals surface area contributed by atoms with E-state index in [1.807, 2.05) is 30.3 Å². The molecule has 0 radical (unpaired) electrons. The van der Waals surface area contributed by atoms with Crippen molar-refractivity contribution in [1.82, 2.24) is 0 Å². The van der Waals surface area contributed by atoms with E-state index in [1.165, 1.54) is 23.3 Å². The van der Waals surface area contributed by atoms with E-state index in [9.17, 15) is 4.39 Å². The first-order chi connectivity index (χ1) is 13.2. The molecule has 0 bridgehead atoms. The Labute approximate surface area is 159 Å². The van der Waals surface area contributed by atoms with E-state index < -0.39 is 0 Å². The zero-order valence-corrected chi connectivity index (χ0v) is 15.6. The van der Waals surface area contributed by atoms with Crippen molar-refractivity contribution in [2.24, 2.45) is 0 Å². The molecule has 3 aromatic rings. The molecule has 0 heterocycles. The lowest BCUT2D eigenvalue weighted by Gasteiger charge is -2.15. The molecular formula is C24H23FO2. The van der Waals surface area contributed by atoms with E-state index in [0.29, 0.717) is 0 Å². The highest BCUT2D eigenvalue weighted by atomic mass is 19.1. The summed E-state index contributed by atoms with van der Waals surface area (Å²) in [5.74, 6) is 1.63. The summed E-state index contributed by atoms with van der Waals surface area (Å²) in [6, 6.07) is 22.7. The highest BCUT2D eigenvalue weighted by Gasteiger charge is 2.10. The van der Waals surface area contributed by atoms with Crippen LogP contribution < -0.4 is 9.47 Å². The maximum Gasteiger partial charge on any atom is 0.123 e. The molecule has 2 nitrogen and oxygen atoms in total. The van der Waals surface area contributed by atoms with Gasteiger partial charge in [-0.1, -0.05) is 48.6 Å². The van der Waals surface area contributed by atoms with Gasteiger partial charge in [-0.3, -0.25) is 0 Å². The third-order valence-corrected chi connectivity index (χ3v) is 4.52. The van der Waals surface area contributed by atoms with E-state index in [4.69, 9.17) is 9.47 Å². The molecule has 138 valence electrons. The molecule has 1 atom stereocenters. The molecule has 27 heavy (non-hydrogen) atoms. The normalized spacial score (nSPS) is 12.1. The van der Waals surface area contributed by atoms with Crippen molar-refractivity contribution >= 4 is 6.08 Å². The van der Waals surface area contributed by atoms with Crippen molar-refractivity contribution in [2.75, 3.05) is 14.2 Å². The molecular weight excluding hydrogens is 339 g/mol. The average Bonchev–Trinajstić information content (AvgIpc) is 2.72. The van der Waals surface area contributed by atoms with Gasteiger partial charge in [0.15, 0.2) is 0 Å². The van der Waals surface area contributed by atoms with Crippen LogP contribution in [0.1, 0.15) is 22.6 Å². The Morgan fingerprint density at radius 2 is 1.56 bits per heavy atom. The lowest BCUT2D eigenvalue weighted by Crippen LogP contribution is -2.01. The van der Waals surface area contributed by atoms with Crippen LogP contribution in [0.25, 0.3) is 6.08 Å². The predicted molar refractivity (Wildman–Crippen MR) is 108 cm³/mol. The molecule has 0 aromatic heterocycles. The molecule has 3 rings (SSSR count). The second-order valence-corrected chi connectivity index (χ2v) is 6.35. The number of methoxy groups -OCH3 is 2. The lowest BCUT2D eigenvalue weighted by molar-refractivity contribution is 0.414. The fourth-order valence-corrected chi connectivity index (χ4v) is 3.00. The Bertz CT molecular complexity index is 883. The van der Waals surface area contributed by atoms with Gasteiger partial charge in [-0.15, -0.1) is 0 Å². The Morgan fingerprint density at radius 1 is 0.852 bits per heavy atom. The number of hydrogen-bond donors (Lipinski definition) is 0. The maximum absolute atomic E-state index is 13.1. The zero-order valence-electron chi connectivity index (χ0n) is 15.6. The molecule has 0 aliphatic rings. The van der Waals surface area contributed by atoms with Gasteiger partial charge in [-0.2, -0.15) is 0 Å². The number of rotatable bonds is 7. The Morgan fingerprint density at radius 3 is 2.22 bits per heavy atom.